The van der Waals surface area contributed by atoms with Crippen molar-refractivity contribution in [1.29, 1.82) is 0 Å². The first-order valence-electron chi connectivity index (χ1n) is 10.0. The lowest BCUT2D eigenvalue weighted by Gasteiger charge is -2.41. The Morgan fingerprint density at radius 1 is 1.42 bits per heavy atom. The Hall–Kier alpha value is -1.44. The Morgan fingerprint density at radius 2 is 2.31 bits per heavy atom. The van der Waals surface area contributed by atoms with Gasteiger partial charge in [0.2, 0.25) is 0 Å². The van der Waals surface area contributed by atoms with Crippen LogP contribution in [0.2, 0.25) is 0 Å². The normalized spacial score (nSPS) is 24.8. The maximum absolute atomic E-state index is 13.0. The van der Waals surface area contributed by atoms with E-state index in [0.717, 1.165) is 71.6 Å². The van der Waals surface area contributed by atoms with E-state index in [0.29, 0.717) is 17.8 Å². The van der Waals surface area contributed by atoms with Crippen LogP contribution < -0.4 is 5.32 Å². The van der Waals surface area contributed by atoms with Crippen LogP contribution in [0.15, 0.2) is 12.3 Å². The van der Waals surface area contributed by atoms with Crippen LogP contribution in [0.4, 0.5) is 0 Å². The van der Waals surface area contributed by atoms with Gasteiger partial charge in [-0.3, -0.25) is 14.4 Å². The second-order valence-corrected chi connectivity index (χ2v) is 7.40. The highest BCUT2D eigenvalue weighted by atomic mass is 16.5. The molecular weight excluding hydrogens is 330 g/mol. The molecule has 2 saturated heterocycles. The summed E-state index contributed by atoms with van der Waals surface area (Å²) in [5, 5.41) is 8.01. The van der Waals surface area contributed by atoms with Crippen molar-refractivity contribution in [2.24, 2.45) is 0 Å². The van der Waals surface area contributed by atoms with Gasteiger partial charge >= 0.3 is 0 Å². The molecule has 0 saturated carbocycles. The number of carbonyl (C=O) groups is 1. The van der Waals surface area contributed by atoms with E-state index in [1.165, 1.54) is 0 Å². The third kappa shape index (κ3) is 4.64. The molecule has 7 heteroatoms. The van der Waals surface area contributed by atoms with Crippen molar-refractivity contribution in [2.75, 3.05) is 53.0 Å². The molecule has 0 aliphatic carbocycles. The highest BCUT2D eigenvalue weighted by molar-refractivity contribution is 5.92. The smallest absolute Gasteiger partial charge is 0.274 e. The molecule has 1 aromatic heterocycles. The molecule has 2 aliphatic rings. The highest BCUT2D eigenvalue weighted by Gasteiger charge is 2.30. The van der Waals surface area contributed by atoms with Gasteiger partial charge in [0.25, 0.3) is 5.91 Å². The molecule has 1 amide bonds. The maximum Gasteiger partial charge on any atom is 0.274 e. The first-order chi connectivity index (χ1) is 12.7. The zero-order valence-corrected chi connectivity index (χ0v) is 16.2. The fourth-order valence-corrected chi connectivity index (χ4v) is 4.06. The summed E-state index contributed by atoms with van der Waals surface area (Å²) in [7, 11) is 1.74. The molecule has 2 aliphatic heterocycles. The van der Waals surface area contributed by atoms with E-state index in [1.807, 2.05) is 21.8 Å². The van der Waals surface area contributed by atoms with Gasteiger partial charge in [0.05, 0.1) is 12.6 Å². The van der Waals surface area contributed by atoms with Crippen molar-refractivity contribution in [3.05, 3.63) is 18.0 Å². The second kappa shape index (κ2) is 9.48. The third-order valence-electron chi connectivity index (χ3n) is 5.57. The van der Waals surface area contributed by atoms with Gasteiger partial charge in [0.1, 0.15) is 5.69 Å². The van der Waals surface area contributed by atoms with Crippen LogP contribution >= 0.6 is 0 Å². The van der Waals surface area contributed by atoms with E-state index < -0.39 is 0 Å². The summed E-state index contributed by atoms with van der Waals surface area (Å²) in [6, 6.07) is 2.66. The van der Waals surface area contributed by atoms with Crippen molar-refractivity contribution < 1.29 is 9.53 Å². The molecule has 3 heterocycles. The summed E-state index contributed by atoms with van der Waals surface area (Å²) >= 11 is 0. The largest absolute Gasteiger partial charge is 0.383 e. The number of piperazine rings is 1. The number of carbonyl (C=O) groups excluding carboxylic acids is 1. The molecule has 2 atom stereocenters. The molecule has 0 radical (unpaired) electrons. The Bertz CT molecular complexity index is 570. The number of nitrogens with zero attached hydrogens (tertiary/aromatic N) is 4. The van der Waals surface area contributed by atoms with Crippen LogP contribution in [0, 0.1) is 0 Å². The van der Waals surface area contributed by atoms with Crippen LogP contribution in [0.3, 0.4) is 0 Å². The summed E-state index contributed by atoms with van der Waals surface area (Å²) in [6.07, 6.45) is 6.48. The molecule has 0 bridgehead atoms. The Balaban J connectivity index is 1.61. The standard InChI is InChI=1S/C19H33N5O2/c1-3-5-17-15-23(11-10-22(17)12-13-26-2)19(25)18-7-9-24(21-18)16-6-4-8-20-14-16/h7,9,16-17,20H,3-6,8,10-15H2,1-2H3. The fourth-order valence-electron chi connectivity index (χ4n) is 4.06. The van der Waals surface area contributed by atoms with E-state index >= 15 is 0 Å². The number of rotatable bonds is 7. The number of aromatic nitrogens is 2. The van der Waals surface area contributed by atoms with Crippen molar-refractivity contribution >= 4 is 5.91 Å². The first-order valence-corrected chi connectivity index (χ1v) is 10.0. The molecule has 7 nitrogen and oxygen atoms in total. The number of amides is 1. The van der Waals surface area contributed by atoms with Gasteiger partial charge in [-0.1, -0.05) is 13.3 Å². The maximum atomic E-state index is 13.0. The Labute approximate surface area is 156 Å². The number of methoxy groups -OCH3 is 1. The number of hydrogen-bond donors (Lipinski definition) is 1. The molecular formula is C19H33N5O2. The minimum atomic E-state index is 0.0695. The number of ether oxygens (including phenoxy) is 1. The summed E-state index contributed by atoms with van der Waals surface area (Å²) < 4.78 is 7.20. The molecule has 2 unspecified atom stereocenters. The van der Waals surface area contributed by atoms with E-state index in [2.05, 4.69) is 22.2 Å². The Kier molecular flexibility index (Phi) is 7.05. The molecule has 2 fully saturated rings. The summed E-state index contributed by atoms with van der Waals surface area (Å²) in [4.78, 5) is 17.4. The predicted molar refractivity (Wildman–Crippen MR) is 101 cm³/mol. The van der Waals surface area contributed by atoms with Crippen molar-refractivity contribution in [2.45, 2.75) is 44.7 Å². The highest BCUT2D eigenvalue weighted by Crippen LogP contribution is 2.19. The third-order valence-corrected chi connectivity index (χ3v) is 5.57. The first kappa shape index (κ1) is 19.3. The average molecular weight is 364 g/mol. The lowest BCUT2D eigenvalue weighted by Crippen LogP contribution is -2.55. The molecule has 0 aromatic carbocycles. The van der Waals surface area contributed by atoms with Crippen molar-refractivity contribution in [1.82, 2.24) is 24.9 Å². The minimum Gasteiger partial charge on any atom is -0.383 e. The monoisotopic (exact) mass is 363 g/mol. The SMILES string of the molecule is CCCC1CN(C(=O)c2ccn(C3CCCNC3)n2)CCN1CCOC. The second-order valence-electron chi connectivity index (χ2n) is 7.40. The molecule has 3 rings (SSSR count). The topological polar surface area (TPSA) is 62.6 Å². The average Bonchev–Trinajstić information content (AvgIpc) is 3.17. The number of piperidine rings is 1. The molecule has 1 aromatic rings. The minimum absolute atomic E-state index is 0.0695. The van der Waals surface area contributed by atoms with Crippen LogP contribution in [-0.4, -0.2) is 84.5 Å². The van der Waals surface area contributed by atoms with E-state index in [9.17, 15) is 4.79 Å². The van der Waals surface area contributed by atoms with Gasteiger partial charge in [-0.05, 0) is 31.9 Å². The Morgan fingerprint density at radius 3 is 3.04 bits per heavy atom. The number of nitrogens with one attached hydrogen (secondary N) is 1. The summed E-state index contributed by atoms with van der Waals surface area (Å²) in [5.74, 6) is 0.0695. The van der Waals surface area contributed by atoms with E-state index in [-0.39, 0.29) is 5.91 Å². The van der Waals surface area contributed by atoms with Crippen LogP contribution in [0.5, 0.6) is 0 Å². The quantitative estimate of drug-likeness (QED) is 0.793. The number of hydrogen-bond acceptors (Lipinski definition) is 5. The van der Waals surface area contributed by atoms with E-state index in [4.69, 9.17) is 4.74 Å². The van der Waals surface area contributed by atoms with Crippen LogP contribution in [0.25, 0.3) is 0 Å². The van der Waals surface area contributed by atoms with E-state index in [1.54, 1.807) is 7.11 Å². The predicted octanol–water partition coefficient (Wildman–Crippen LogP) is 1.38. The molecule has 0 spiro atoms. The summed E-state index contributed by atoms with van der Waals surface area (Å²) in [6.45, 7) is 8.36. The summed E-state index contributed by atoms with van der Waals surface area (Å²) in [5.41, 5.74) is 0.580. The van der Waals surface area contributed by atoms with Crippen molar-refractivity contribution in [3.8, 4) is 0 Å². The zero-order chi connectivity index (χ0) is 18.4. The van der Waals surface area contributed by atoms with Gasteiger partial charge in [-0.2, -0.15) is 5.10 Å². The van der Waals surface area contributed by atoms with Crippen molar-refractivity contribution in [3.63, 3.8) is 0 Å². The zero-order valence-electron chi connectivity index (χ0n) is 16.2. The fraction of sp³-hybridized carbons (Fsp3) is 0.789. The van der Waals surface area contributed by atoms with Crippen LogP contribution in [-0.2, 0) is 4.74 Å². The van der Waals surface area contributed by atoms with Gasteiger partial charge in [0, 0.05) is 52.1 Å². The van der Waals surface area contributed by atoms with Gasteiger partial charge < -0.3 is 15.0 Å². The lowest BCUT2D eigenvalue weighted by molar-refractivity contribution is 0.0366. The molecule has 146 valence electrons. The van der Waals surface area contributed by atoms with Gasteiger partial charge in [-0.15, -0.1) is 0 Å². The van der Waals surface area contributed by atoms with Gasteiger partial charge in [0.15, 0.2) is 0 Å². The van der Waals surface area contributed by atoms with Gasteiger partial charge in [-0.25, -0.2) is 0 Å². The lowest BCUT2D eigenvalue weighted by atomic mass is 10.1. The van der Waals surface area contributed by atoms with Crippen LogP contribution in [0.1, 0.15) is 49.1 Å². The molecule has 26 heavy (non-hydrogen) atoms. The molecule has 1 N–H and O–H groups in total.